The fraction of sp³-hybridized carbons (Fsp3) is 0.600. The van der Waals surface area contributed by atoms with Crippen molar-refractivity contribution in [2.45, 2.75) is 25.9 Å². The van der Waals surface area contributed by atoms with Crippen LogP contribution in [0.15, 0.2) is 24.3 Å². The van der Waals surface area contributed by atoms with Crippen LogP contribution in [0.3, 0.4) is 0 Å². The highest BCUT2D eigenvalue weighted by Gasteiger charge is 2.09. The topological polar surface area (TPSA) is 32.7 Å². The fourth-order valence-corrected chi connectivity index (χ4v) is 2.30. The molecular formula is C15H23NO2. The molecule has 1 unspecified atom stereocenters. The summed E-state index contributed by atoms with van der Waals surface area (Å²) in [4.78, 5) is 2.45. The molecule has 18 heavy (non-hydrogen) atoms. The van der Waals surface area contributed by atoms with E-state index in [1.807, 2.05) is 6.92 Å². The number of nitrogens with zero attached hydrogens (tertiary/aromatic N) is 1. The molecule has 1 fully saturated rings. The first-order chi connectivity index (χ1) is 8.74. The van der Waals surface area contributed by atoms with Crippen LogP contribution in [-0.2, 0) is 17.6 Å². The van der Waals surface area contributed by atoms with Gasteiger partial charge >= 0.3 is 0 Å². The zero-order valence-electron chi connectivity index (χ0n) is 11.1. The van der Waals surface area contributed by atoms with Gasteiger partial charge in [-0.15, -0.1) is 0 Å². The van der Waals surface area contributed by atoms with Crippen LogP contribution in [0.4, 0.5) is 0 Å². The third kappa shape index (κ3) is 4.41. The van der Waals surface area contributed by atoms with Gasteiger partial charge in [0.1, 0.15) is 0 Å². The second-order valence-corrected chi connectivity index (χ2v) is 5.07. The summed E-state index contributed by atoms with van der Waals surface area (Å²) >= 11 is 0. The lowest BCUT2D eigenvalue weighted by molar-refractivity contribution is 0.0384. The van der Waals surface area contributed by atoms with Crippen molar-refractivity contribution in [3.63, 3.8) is 0 Å². The van der Waals surface area contributed by atoms with Gasteiger partial charge in [0.15, 0.2) is 0 Å². The van der Waals surface area contributed by atoms with Crippen LogP contribution in [0.1, 0.15) is 18.1 Å². The van der Waals surface area contributed by atoms with Gasteiger partial charge in [-0.3, -0.25) is 4.90 Å². The van der Waals surface area contributed by atoms with Crippen molar-refractivity contribution < 1.29 is 9.84 Å². The minimum atomic E-state index is -0.260. The Hall–Kier alpha value is -0.900. The van der Waals surface area contributed by atoms with E-state index < -0.39 is 0 Å². The SMILES string of the molecule is CC(O)Cc1ccc(CCN2CCOCC2)cc1. The van der Waals surface area contributed by atoms with Gasteiger partial charge in [0, 0.05) is 19.6 Å². The van der Waals surface area contributed by atoms with E-state index in [0.717, 1.165) is 45.7 Å². The Kier molecular flexibility index (Phi) is 5.17. The predicted molar refractivity (Wildman–Crippen MR) is 72.8 cm³/mol. The van der Waals surface area contributed by atoms with Crippen LogP contribution in [0.25, 0.3) is 0 Å². The lowest BCUT2D eigenvalue weighted by Crippen LogP contribution is -2.37. The summed E-state index contributed by atoms with van der Waals surface area (Å²) in [7, 11) is 0. The Morgan fingerprint density at radius 3 is 2.39 bits per heavy atom. The van der Waals surface area contributed by atoms with Gasteiger partial charge < -0.3 is 9.84 Å². The standard InChI is InChI=1S/C15H23NO2/c1-13(17)12-15-4-2-14(3-5-15)6-7-16-8-10-18-11-9-16/h2-5,13,17H,6-12H2,1H3. The zero-order chi connectivity index (χ0) is 12.8. The highest BCUT2D eigenvalue weighted by atomic mass is 16.5. The van der Waals surface area contributed by atoms with Crippen molar-refractivity contribution in [1.82, 2.24) is 4.90 Å². The second kappa shape index (κ2) is 6.88. The number of aliphatic hydroxyl groups is 1. The molecule has 1 aromatic rings. The molecular weight excluding hydrogens is 226 g/mol. The van der Waals surface area contributed by atoms with Crippen LogP contribution in [-0.4, -0.2) is 49.0 Å². The molecule has 1 aliphatic rings. The number of hydrogen-bond donors (Lipinski definition) is 1. The summed E-state index contributed by atoms with van der Waals surface area (Å²) < 4.78 is 5.34. The quantitative estimate of drug-likeness (QED) is 0.858. The van der Waals surface area contributed by atoms with Gasteiger partial charge in [-0.1, -0.05) is 24.3 Å². The van der Waals surface area contributed by atoms with Crippen molar-refractivity contribution in [2.75, 3.05) is 32.8 Å². The van der Waals surface area contributed by atoms with Gasteiger partial charge in [0.25, 0.3) is 0 Å². The molecule has 3 heteroatoms. The van der Waals surface area contributed by atoms with Crippen LogP contribution in [0.5, 0.6) is 0 Å². The van der Waals surface area contributed by atoms with E-state index >= 15 is 0 Å². The molecule has 100 valence electrons. The smallest absolute Gasteiger partial charge is 0.0594 e. The lowest BCUT2D eigenvalue weighted by Gasteiger charge is -2.26. The maximum atomic E-state index is 9.33. The molecule has 1 heterocycles. The summed E-state index contributed by atoms with van der Waals surface area (Å²) in [5.74, 6) is 0. The molecule has 1 aliphatic heterocycles. The number of morpholine rings is 1. The molecule has 2 rings (SSSR count). The number of ether oxygens (including phenoxy) is 1. The lowest BCUT2D eigenvalue weighted by atomic mass is 10.0. The Morgan fingerprint density at radius 1 is 1.17 bits per heavy atom. The first-order valence-corrected chi connectivity index (χ1v) is 6.80. The van der Waals surface area contributed by atoms with E-state index in [2.05, 4.69) is 29.2 Å². The van der Waals surface area contributed by atoms with Crippen molar-refractivity contribution in [1.29, 1.82) is 0 Å². The molecule has 0 aliphatic carbocycles. The summed E-state index contributed by atoms with van der Waals surface area (Å²) in [6, 6.07) is 8.61. The average Bonchev–Trinajstić information content (AvgIpc) is 2.38. The highest BCUT2D eigenvalue weighted by molar-refractivity contribution is 5.23. The van der Waals surface area contributed by atoms with Crippen LogP contribution >= 0.6 is 0 Å². The largest absolute Gasteiger partial charge is 0.393 e. The third-order valence-corrected chi connectivity index (χ3v) is 3.37. The van der Waals surface area contributed by atoms with Crippen molar-refractivity contribution >= 4 is 0 Å². The zero-order valence-corrected chi connectivity index (χ0v) is 11.1. The van der Waals surface area contributed by atoms with E-state index in [4.69, 9.17) is 4.74 Å². The molecule has 3 nitrogen and oxygen atoms in total. The van der Waals surface area contributed by atoms with Crippen LogP contribution in [0, 0.1) is 0 Å². The van der Waals surface area contributed by atoms with Gasteiger partial charge in [0.05, 0.1) is 19.3 Å². The maximum Gasteiger partial charge on any atom is 0.0594 e. The molecule has 0 bridgehead atoms. The number of hydrogen-bond acceptors (Lipinski definition) is 3. The molecule has 0 spiro atoms. The van der Waals surface area contributed by atoms with Crippen molar-refractivity contribution in [2.24, 2.45) is 0 Å². The minimum absolute atomic E-state index is 0.260. The van der Waals surface area contributed by atoms with Crippen LogP contribution < -0.4 is 0 Å². The van der Waals surface area contributed by atoms with Gasteiger partial charge in [0.2, 0.25) is 0 Å². The second-order valence-electron chi connectivity index (χ2n) is 5.07. The van der Waals surface area contributed by atoms with E-state index in [1.54, 1.807) is 0 Å². The van der Waals surface area contributed by atoms with E-state index in [0.29, 0.717) is 0 Å². The van der Waals surface area contributed by atoms with E-state index in [-0.39, 0.29) is 6.10 Å². The Balaban J connectivity index is 1.78. The predicted octanol–water partition coefficient (Wildman–Crippen LogP) is 1.48. The molecule has 1 atom stereocenters. The molecule has 1 N–H and O–H groups in total. The molecule has 1 saturated heterocycles. The Labute approximate surface area is 109 Å². The Morgan fingerprint density at radius 2 is 1.78 bits per heavy atom. The van der Waals surface area contributed by atoms with Crippen molar-refractivity contribution in [3.05, 3.63) is 35.4 Å². The third-order valence-electron chi connectivity index (χ3n) is 3.37. The number of benzene rings is 1. The molecule has 0 aromatic heterocycles. The van der Waals surface area contributed by atoms with Gasteiger partial charge in [-0.2, -0.15) is 0 Å². The van der Waals surface area contributed by atoms with Crippen LogP contribution in [0.2, 0.25) is 0 Å². The first kappa shape index (κ1) is 13.5. The fourth-order valence-electron chi connectivity index (χ4n) is 2.30. The number of aliphatic hydroxyl groups excluding tert-OH is 1. The summed E-state index contributed by atoms with van der Waals surface area (Å²) in [6.07, 6.45) is 1.57. The van der Waals surface area contributed by atoms with Gasteiger partial charge in [-0.05, 0) is 30.9 Å². The van der Waals surface area contributed by atoms with Gasteiger partial charge in [-0.25, -0.2) is 0 Å². The monoisotopic (exact) mass is 249 g/mol. The molecule has 1 aromatic carbocycles. The average molecular weight is 249 g/mol. The van der Waals surface area contributed by atoms with E-state index in [1.165, 1.54) is 11.1 Å². The molecule has 0 saturated carbocycles. The van der Waals surface area contributed by atoms with Crippen molar-refractivity contribution in [3.8, 4) is 0 Å². The molecule has 0 radical (unpaired) electrons. The summed E-state index contributed by atoms with van der Waals surface area (Å²) in [5.41, 5.74) is 2.58. The minimum Gasteiger partial charge on any atom is -0.393 e. The normalized spacial score (nSPS) is 18.8. The first-order valence-electron chi connectivity index (χ1n) is 6.80. The summed E-state index contributed by atoms with van der Waals surface area (Å²) in [6.45, 7) is 6.78. The maximum absolute atomic E-state index is 9.33. The highest BCUT2D eigenvalue weighted by Crippen LogP contribution is 2.08. The summed E-state index contributed by atoms with van der Waals surface area (Å²) in [5, 5.41) is 9.33. The Bertz CT molecular complexity index is 342. The van der Waals surface area contributed by atoms with E-state index in [9.17, 15) is 5.11 Å². The molecule has 0 amide bonds. The number of rotatable bonds is 5.